The lowest BCUT2D eigenvalue weighted by Crippen LogP contribution is -2.16. The number of carboxylic acid groups (broad SMARTS) is 1. The number of carbonyl (C=O) groups is 2. The van der Waals surface area contributed by atoms with E-state index >= 15 is 0 Å². The van der Waals surface area contributed by atoms with Gasteiger partial charge in [0.2, 0.25) is 0 Å². The van der Waals surface area contributed by atoms with Gasteiger partial charge in [0.15, 0.2) is 0 Å². The number of carbonyl (C=O) groups excluding carboxylic acids is 1. The molecule has 1 heterocycles. The Bertz CT molecular complexity index is 710. The number of nitrogens with one attached hydrogen (secondary N) is 1. The molecule has 0 aliphatic carbocycles. The highest BCUT2D eigenvalue weighted by atomic mass is 35.5. The van der Waals surface area contributed by atoms with Crippen molar-refractivity contribution in [3.8, 4) is 0 Å². The number of anilines is 1. The van der Waals surface area contributed by atoms with Crippen LogP contribution in [0, 0.1) is 0 Å². The predicted octanol–water partition coefficient (Wildman–Crippen LogP) is 3.77. The summed E-state index contributed by atoms with van der Waals surface area (Å²) in [5.74, 6) is -1.45. The van der Waals surface area contributed by atoms with Crippen LogP contribution in [0.25, 0.3) is 0 Å². The lowest BCUT2D eigenvalue weighted by Gasteiger charge is -2.09. The highest BCUT2D eigenvalue weighted by Crippen LogP contribution is 2.24. The average molecular weight is 327 g/mol. The number of hydrogen-bond donors (Lipinski definition) is 2. The second-order valence-electron chi connectivity index (χ2n) is 4.28. The van der Waals surface area contributed by atoms with Crippen molar-refractivity contribution in [1.82, 2.24) is 4.57 Å². The van der Waals surface area contributed by atoms with Crippen molar-refractivity contribution in [2.75, 3.05) is 5.32 Å². The molecule has 0 bridgehead atoms. The number of rotatable bonds is 4. The Balaban J connectivity index is 2.25. The average Bonchev–Trinajstić information content (AvgIpc) is 2.82. The molecule has 0 aliphatic heterocycles. The molecule has 0 unspecified atom stereocenters. The van der Waals surface area contributed by atoms with E-state index in [1.807, 2.05) is 6.92 Å². The number of amides is 1. The predicted molar refractivity (Wildman–Crippen MR) is 81.5 cm³/mol. The van der Waals surface area contributed by atoms with Gasteiger partial charge in [-0.05, 0) is 31.2 Å². The molecule has 2 rings (SSSR count). The molecule has 21 heavy (non-hydrogen) atoms. The highest BCUT2D eigenvalue weighted by molar-refractivity contribution is 6.34. The van der Waals surface area contributed by atoms with E-state index in [0.717, 1.165) is 0 Å². The number of hydrogen-bond acceptors (Lipinski definition) is 2. The summed E-state index contributed by atoms with van der Waals surface area (Å²) >= 11 is 11.9. The van der Waals surface area contributed by atoms with E-state index < -0.39 is 5.97 Å². The summed E-state index contributed by atoms with van der Waals surface area (Å²) < 4.78 is 1.71. The van der Waals surface area contributed by atoms with Crippen LogP contribution in [0.1, 0.15) is 27.8 Å². The summed E-state index contributed by atoms with van der Waals surface area (Å²) in [5, 5.41) is 12.1. The molecular weight excluding hydrogens is 315 g/mol. The SMILES string of the molecule is CCn1cc(Cl)cc1C(=O)Nc1ccc(C(=O)O)cc1Cl. The molecule has 0 saturated heterocycles. The van der Waals surface area contributed by atoms with E-state index in [-0.39, 0.29) is 16.5 Å². The molecule has 5 nitrogen and oxygen atoms in total. The van der Waals surface area contributed by atoms with Crippen LogP contribution in [0.15, 0.2) is 30.5 Å². The summed E-state index contributed by atoms with van der Waals surface area (Å²) in [5.41, 5.74) is 0.797. The molecule has 2 aromatic rings. The quantitative estimate of drug-likeness (QED) is 0.898. The number of nitrogens with zero attached hydrogens (tertiary/aromatic N) is 1. The third kappa shape index (κ3) is 3.37. The highest BCUT2D eigenvalue weighted by Gasteiger charge is 2.15. The Labute approximate surface area is 131 Å². The monoisotopic (exact) mass is 326 g/mol. The minimum atomic E-state index is -1.08. The van der Waals surface area contributed by atoms with Gasteiger partial charge in [0.25, 0.3) is 5.91 Å². The summed E-state index contributed by atoms with van der Waals surface area (Å²) in [4.78, 5) is 23.0. The number of halogens is 2. The molecule has 110 valence electrons. The fraction of sp³-hybridized carbons (Fsp3) is 0.143. The van der Waals surface area contributed by atoms with Gasteiger partial charge in [0, 0.05) is 12.7 Å². The van der Waals surface area contributed by atoms with E-state index in [1.165, 1.54) is 18.2 Å². The van der Waals surface area contributed by atoms with Crippen molar-refractivity contribution in [1.29, 1.82) is 0 Å². The Morgan fingerprint density at radius 1 is 1.29 bits per heavy atom. The third-order valence-electron chi connectivity index (χ3n) is 2.90. The summed E-state index contributed by atoms with van der Waals surface area (Å²) in [7, 11) is 0. The maximum absolute atomic E-state index is 12.2. The lowest BCUT2D eigenvalue weighted by atomic mass is 10.2. The zero-order valence-electron chi connectivity index (χ0n) is 11.1. The largest absolute Gasteiger partial charge is 0.478 e. The summed E-state index contributed by atoms with van der Waals surface area (Å²) in [6.45, 7) is 2.49. The first-order valence-electron chi connectivity index (χ1n) is 6.12. The molecule has 0 radical (unpaired) electrons. The number of benzene rings is 1. The van der Waals surface area contributed by atoms with Gasteiger partial charge in [0.1, 0.15) is 5.69 Å². The Hall–Kier alpha value is -1.98. The van der Waals surface area contributed by atoms with E-state index in [9.17, 15) is 9.59 Å². The van der Waals surface area contributed by atoms with Crippen LogP contribution in [0.5, 0.6) is 0 Å². The first-order valence-corrected chi connectivity index (χ1v) is 6.87. The van der Waals surface area contributed by atoms with Crippen LogP contribution in [-0.2, 0) is 6.54 Å². The van der Waals surface area contributed by atoms with Crippen molar-refractivity contribution in [2.24, 2.45) is 0 Å². The van der Waals surface area contributed by atoms with Gasteiger partial charge in [0.05, 0.1) is 21.3 Å². The molecule has 0 spiro atoms. The number of carboxylic acids is 1. The smallest absolute Gasteiger partial charge is 0.335 e. The van der Waals surface area contributed by atoms with E-state index in [2.05, 4.69) is 5.32 Å². The standard InChI is InChI=1S/C14H12Cl2N2O3/c1-2-18-7-9(15)6-12(18)13(19)17-11-4-3-8(14(20)21)5-10(11)16/h3-7H,2H2,1H3,(H,17,19)(H,20,21). The van der Waals surface area contributed by atoms with Gasteiger partial charge in [-0.3, -0.25) is 4.79 Å². The van der Waals surface area contributed by atoms with Gasteiger partial charge >= 0.3 is 5.97 Å². The van der Waals surface area contributed by atoms with Crippen molar-refractivity contribution >= 4 is 40.8 Å². The van der Waals surface area contributed by atoms with Gasteiger partial charge in [-0.25, -0.2) is 4.79 Å². The molecule has 0 saturated carbocycles. The number of aromatic nitrogens is 1. The Kier molecular flexibility index (Phi) is 4.55. The number of aryl methyl sites for hydroxylation is 1. The van der Waals surface area contributed by atoms with Crippen molar-refractivity contribution in [3.05, 3.63) is 51.8 Å². The van der Waals surface area contributed by atoms with Crippen LogP contribution in [0.2, 0.25) is 10.0 Å². The summed E-state index contributed by atoms with van der Waals surface area (Å²) in [6.07, 6.45) is 1.66. The van der Waals surface area contributed by atoms with Crippen LogP contribution >= 0.6 is 23.2 Å². The minimum absolute atomic E-state index is 0.0537. The van der Waals surface area contributed by atoms with Gasteiger partial charge < -0.3 is 15.0 Å². The molecule has 1 aromatic carbocycles. The second kappa shape index (κ2) is 6.20. The molecule has 0 fully saturated rings. The fourth-order valence-corrected chi connectivity index (χ4v) is 2.31. The maximum Gasteiger partial charge on any atom is 0.335 e. The molecule has 1 aromatic heterocycles. The molecular formula is C14H12Cl2N2O3. The first-order chi connectivity index (χ1) is 9.92. The van der Waals surface area contributed by atoms with E-state index in [0.29, 0.717) is 22.9 Å². The van der Waals surface area contributed by atoms with E-state index in [4.69, 9.17) is 28.3 Å². The van der Waals surface area contributed by atoms with Crippen LogP contribution in [0.4, 0.5) is 5.69 Å². The third-order valence-corrected chi connectivity index (χ3v) is 3.42. The summed E-state index contributed by atoms with van der Waals surface area (Å²) in [6, 6.07) is 5.66. The molecule has 0 atom stereocenters. The Morgan fingerprint density at radius 3 is 2.57 bits per heavy atom. The first kappa shape index (κ1) is 15.4. The zero-order chi connectivity index (χ0) is 15.6. The maximum atomic E-state index is 12.2. The minimum Gasteiger partial charge on any atom is -0.478 e. The fourth-order valence-electron chi connectivity index (χ4n) is 1.86. The second-order valence-corrected chi connectivity index (χ2v) is 5.13. The molecule has 0 aliphatic rings. The normalized spacial score (nSPS) is 10.4. The van der Waals surface area contributed by atoms with Gasteiger partial charge in [-0.1, -0.05) is 23.2 Å². The van der Waals surface area contributed by atoms with Crippen molar-refractivity contribution in [3.63, 3.8) is 0 Å². The number of aromatic carboxylic acids is 1. The topological polar surface area (TPSA) is 71.3 Å². The molecule has 2 N–H and O–H groups in total. The van der Waals surface area contributed by atoms with Crippen LogP contribution in [0.3, 0.4) is 0 Å². The Morgan fingerprint density at radius 2 is 2.00 bits per heavy atom. The zero-order valence-corrected chi connectivity index (χ0v) is 12.6. The van der Waals surface area contributed by atoms with E-state index in [1.54, 1.807) is 16.8 Å². The van der Waals surface area contributed by atoms with Gasteiger partial charge in [-0.2, -0.15) is 0 Å². The van der Waals surface area contributed by atoms with Crippen molar-refractivity contribution < 1.29 is 14.7 Å². The van der Waals surface area contributed by atoms with Crippen LogP contribution < -0.4 is 5.32 Å². The van der Waals surface area contributed by atoms with Gasteiger partial charge in [-0.15, -0.1) is 0 Å². The van der Waals surface area contributed by atoms with Crippen molar-refractivity contribution in [2.45, 2.75) is 13.5 Å². The lowest BCUT2D eigenvalue weighted by molar-refractivity contribution is 0.0696. The molecule has 7 heteroatoms. The molecule has 1 amide bonds. The van der Waals surface area contributed by atoms with Crippen LogP contribution in [-0.4, -0.2) is 21.6 Å².